The number of hydrogen-bond donors (Lipinski definition) is 2. The number of amides is 1. The fraction of sp³-hybridized carbons (Fsp3) is 0.300. The average Bonchev–Trinajstić information content (AvgIpc) is 2.77. The highest BCUT2D eigenvalue weighted by molar-refractivity contribution is 6.06. The number of nitrogens with one attached hydrogen (secondary N) is 1. The van der Waals surface area contributed by atoms with E-state index in [4.69, 9.17) is 10.7 Å². The Bertz CT molecular complexity index is 958. The van der Waals surface area contributed by atoms with Gasteiger partial charge in [-0.3, -0.25) is 4.79 Å². The molecular weight excluding hydrogens is 312 g/mol. The Morgan fingerprint density at radius 2 is 2.04 bits per heavy atom. The van der Waals surface area contributed by atoms with Crippen LogP contribution in [0.4, 0.5) is 11.4 Å². The smallest absolute Gasteiger partial charge is 0.256 e. The van der Waals surface area contributed by atoms with Gasteiger partial charge in [-0.15, -0.1) is 0 Å². The van der Waals surface area contributed by atoms with E-state index in [1.54, 1.807) is 12.1 Å². The van der Waals surface area contributed by atoms with Gasteiger partial charge in [0.25, 0.3) is 5.91 Å². The molecule has 0 atom stereocenters. The molecule has 1 aliphatic rings. The lowest BCUT2D eigenvalue weighted by molar-refractivity contribution is 0.102. The molecule has 3 N–H and O–H groups in total. The quantitative estimate of drug-likeness (QED) is 0.698. The van der Waals surface area contributed by atoms with Crippen molar-refractivity contribution in [2.45, 2.75) is 39.2 Å². The van der Waals surface area contributed by atoms with Gasteiger partial charge in [-0.1, -0.05) is 12.5 Å². The van der Waals surface area contributed by atoms with E-state index < -0.39 is 0 Å². The maximum atomic E-state index is 12.6. The molecular formula is C20H22N4O. The number of nitrogens with two attached hydrogens (primary N) is 1. The number of nitrogens with zero attached hydrogens (tertiary/aromatic N) is 2. The minimum Gasteiger partial charge on any atom is -0.399 e. The molecule has 0 unspecified atom stereocenters. The molecule has 25 heavy (non-hydrogen) atoms. The van der Waals surface area contributed by atoms with Crippen molar-refractivity contribution in [2.24, 2.45) is 0 Å². The molecule has 0 spiro atoms. The fourth-order valence-corrected chi connectivity index (χ4v) is 3.51. The van der Waals surface area contributed by atoms with Crippen LogP contribution in [0.25, 0.3) is 11.0 Å². The molecule has 5 nitrogen and oxygen atoms in total. The second kappa shape index (κ2) is 6.24. The van der Waals surface area contributed by atoms with Gasteiger partial charge in [0.05, 0.1) is 11.0 Å². The summed E-state index contributed by atoms with van der Waals surface area (Å²) in [6.07, 6.45) is 4.69. The van der Waals surface area contributed by atoms with Crippen molar-refractivity contribution in [3.05, 3.63) is 53.3 Å². The molecule has 2 aromatic carbocycles. The van der Waals surface area contributed by atoms with Crippen molar-refractivity contribution < 1.29 is 4.79 Å². The average molecular weight is 334 g/mol. The van der Waals surface area contributed by atoms with Gasteiger partial charge in [-0.05, 0) is 55.7 Å². The summed E-state index contributed by atoms with van der Waals surface area (Å²) in [5.74, 6) is 1.01. The first-order valence-corrected chi connectivity index (χ1v) is 8.78. The van der Waals surface area contributed by atoms with Crippen molar-refractivity contribution in [1.82, 2.24) is 9.55 Å². The zero-order chi connectivity index (χ0) is 17.4. The second-order valence-corrected chi connectivity index (χ2v) is 6.72. The molecule has 0 radical (unpaired) electrons. The zero-order valence-electron chi connectivity index (χ0n) is 14.4. The van der Waals surface area contributed by atoms with Crippen molar-refractivity contribution in [3.63, 3.8) is 0 Å². The van der Waals surface area contributed by atoms with E-state index in [0.717, 1.165) is 41.1 Å². The number of fused-ring (bicyclic) bond motifs is 3. The van der Waals surface area contributed by atoms with Crippen LogP contribution in [0.2, 0.25) is 0 Å². The van der Waals surface area contributed by atoms with Crippen LogP contribution in [0.3, 0.4) is 0 Å². The van der Waals surface area contributed by atoms with Crippen LogP contribution in [-0.4, -0.2) is 15.5 Å². The van der Waals surface area contributed by atoms with E-state index in [1.807, 2.05) is 25.1 Å². The van der Waals surface area contributed by atoms with Gasteiger partial charge in [-0.2, -0.15) is 0 Å². The Balaban J connectivity index is 1.64. The Morgan fingerprint density at radius 3 is 2.92 bits per heavy atom. The highest BCUT2D eigenvalue weighted by Crippen LogP contribution is 2.25. The monoisotopic (exact) mass is 334 g/mol. The molecule has 1 aromatic heterocycles. The Labute approximate surface area is 146 Å². The van der Waals surface area contributed by atoms with Gasteiger partial charge < -0.3 is 15.6 Å². The largest absolute Gasteiger partial charge is 0.399 e. The SMILES string of the molecule is Cc1ccc(N)cc1C(=O)Nc1ccc2c(c1)nc1n2CCCCC1. The van der Waals surface area contributed by atoms with Gasteiger partial charge in [-0.25, -0.2) is 4.98 Å². The van der Waals surface area contributed by atoms with E-state index >= 15 is 0 Å². The summed E-state index contributed by atoms with van der Waals surface area (Å²) >= 11 is 0. The molecule has 0 bridgehead atoms. The second-order valence-electron chi connectivity index (χ2n) is 6.72. The highest BCUT2D eigenvalue weighted by Gasteiger charge is 2.15. The van der Waals surface area contributed by atoms with Gasteiger partial charge >= 0.3 is 0 Å². The number of benzene rings is 2. The number of rotatable bonds is 2. The number of imidazole rings is 1. The van der Waals surface area contributed by atoms with Gasteiger partial charge in [0, 0.05) is 29.9 Å². The third-order valence-electron chi connectivity index (χ3n) is 4.87. The van der Waals surface area contributed by atoms with Crippen LogP contribution < -0.4 is 11.1 Å². The lowest BCUT2D eigenvalue weighted by atomic mass is 10.1. The first kappa shape index (κ1) is 15.7. The molecule has 0 saturated heterocycles. The van der Waals surface area contributed by atoms with Crippen LogP contribution in [-0.2, 0) is 13.0 Å². The van der Waals surface area contributed by atoms with Crippen molar-refractivity contribution in [1.29, 1.82) is 0 Å². The highest BCUT2D eigenvalue weighted by atomic mass is 16.1. The van der Waals surface area contributed by atoms with Crippen molar-refractivity contribution in [2.75, 3.05) is 11.1 Å². The molecule has 4 rings (SSSR count). The Morgan fingerprint density at radius 1 is 1.16 bits per heavy atom. The minimum absolute atomic E-state index is 0.148. The Hall–Kier alpha value is -2.82. The number of carbonyl (C=O) groups excluding carboxylic acids is 1. The number of carbonyl (C=O) groups is 1. The van der Waals surface area contributed by atoms with Crippen LogP contribution in [0.15, 0.2) is 36.4 Å². The fourth-order valence-electron chi connectivity index (χ4n) is 3.51. The zero-order valence-corrected chi connectivity index (χ0v) is 14.4. The minimum atomic E-state index is -0.148. The molecule has 128 valence electrons. The van der Waals surface area contributed by atoms with Crippen molar-refractivity contribution >= 4 is 28.3 Å². The molecule has 1 amide bonds. The normalized spacial score (nSPS) is 14.1. The molecule has 0 fully saturated rings. The molecule has 3 aromatic rings. The number of aromatic nitrogens is 2. The molecule has 0 saturated carbocycles. The number of hydrogen-bond acceptors (Lipinski definition) is 3. The molecule has 2 heterocycles. The van der Waals surface area contributed by atoms with E-state index in [-0.39, 0.29) is 5.91 Å². The molecule has 5 heteroatoms. The van der Waals surface area contributed by atoms with E-state index in [0.29, 0.717) is 11.3 Å². The Kier molecular flexibility index (Phi) is 3.92. The molecule has 1 aliphatic heterocycles. The van der Waals surface area contributed by atoms with Crippen LogP contribution >= 0.6 is 0 Å². The summed E-state index contributed by atoms with van der Waals surface area (Å²) in [7, 11) is 0. The number of aryl methyl sites for hydroxylation is 3. The third kappa shape index (κ3) is 2.97. The molecule has 0 aliphatic carbocycles. The summed E-state index contributed by atoms with van der Waals surface area (Å²) in [6.45, 7) is 2.93. The lowest BCUT2D eigenvalue weighted by Crippen LogP contribution is -2.13. The third-order valence-corrected chi connectivity index (χ3v) is 4.87. The predicted octanol–water partition coefficient (Wildman–Crippen LogP) is 3.91. The lowest BCUT2D eigenvalue weighted by Gasteiger charge is -2.09. The van der Waals surface area contributed by atoms with Gasteiger partial charge in [0.2, 0.25) is 0 Å². The van der Waals surface area contributed by atoms with Gasteiger partial charge in [0.1, 0.15) is 5.82 Å². The van der Waals surface area contributed by atoms with E-state index in [9.17, 15) is 4.79 Å². The van der Waals surface area contributed by atoms with Crippen LogP contribution in [0.1, 0.15) is 41.0 Å². The summed E-state index contributed by atoms with van der Waals surface area (Å²) in [4.78, 5) is 17.3. The van der Waals surface area contributed by atoms with E-state index in [1.165, 1.54) is 19.3 Å². The maximum absolute atomic E-state index is 12.6. The van der Waals surface area contributed by atoms with Crippen LogP contribution in [0.5, 0.6) is 0 Å². The van der Waals surface area contributed by atoms with Crippen LogP contribution in [0, 0.1) is 6.92 Å². The van der Waals surface area contributed by atoms with Gasteiger partial charge in [0.15, 0.2) is 0 Å². The summed E-state index contributed by atoms with van der Waals surface area (Å²) in [6, 6.07) is 11.3. The summed E-state index contributed by atoms with van der Waals surface area (Å²) in [5.41, 5.74) is 10.7. The number of anilines is 2. The van der Waals surface area contributed by atoms with E-state index in [2.05, 4.69) is 16.0 Å². The summed E-state index contributed by atoms with van der Waals surface area (Å²) in [5, 5.41) is 2.97. The first-order chi connectivity index (χ1) is 12.1. The van der Waals surface area contributed by atoms with Crippen molar-refractivity contribution in [3.8, 4) is 0 Å². The first-order valence-electron chi connectivity index (χ1n) is 8.78. The number of nitrogen functional groups attached to an aromatic ring is 1. The topological polar surface area (TPSA) is 72.9 Å². The summed E-state index contributed by atoms with van der Waals surface area (Å²) < 4.78 is 2.32. The predicted molar refractivity (Wildman–Crippen MR) is 101 cm³/mol. The maximum Gasteiger partial charge on any atom is 0.256 e. The standard InChI is InChI=1S/C20H22N4O/c1-13-6-7-14(21)11-16(13)20(25)22-15-8-9-18-17(12-15)23-19-5-3-2-4-10-24(18)19/h6-9,11-12H,2-5,10,21H2,1H3,(H,22,25).